The van der Waals surface area contributed by atoms with Gasteiger partial charge in [-0.05, 0) is 62.4 Å². The second kappa shape index (κ2) is 11.0. The van der Waals surface area contributed by atoms with Gasteiger partial charge in [0.05, 0.1) is 17.8 Å². The molecule has 9 heteroatoms. The average Bonchev–Trinajstić information content (AvgIpc) is 3.31. The van der Waals surface area contributed by atoms with Crippen LogP contribution in [0.15, 0.2) is 59.4 Å². The second-order valence-electron chi connectivity index (χ2n) is 6.40. The fourth-order valence-corrected chi connectivity index (χ4v) is 3.04. The highest BCUT2D eigenvalue weighted by atomic mass is 32.1. The van der Waals surface area contributed by atoms with Gasteiger partial charge in [0.1, 0.15) is 23.9 Å². The minimum Gasteiger partial charge on any atom is -0.494 e. The topological polar surface area (TPSA) is 98.8 Å². The number of thiazole rings is 1. The molecule has 0 bridgehead atoms. The zero-order valence-corrected chi connectivity index (χ0v) is 18.0. The molecule has 0 aliphatic carbocycles. The first-order valence-corrected chi connectivity index (χ1v) is 10.6. The third-order valence-corrected chi connectivity index (χ3v) is 4.74. The molecule has 1 aromatic heterocycles. The van der Waals surface area contributed by atoms with Crippen LogP contribution in [0.3, 0.4) is 0 Å². The Labute approximate surface area is 184 Å². The molecule has 0 aliphatic heterocycles. The molecule has 0 saturated heterocycles. The van der Waals surface area contributed by atoms with E-state index in [0.29, 0.717) is 30.3 Å². The molecule has 0 fully saturated rings. The molecule has 2 N–H and O–H groups in total. The summed E-state index contributed by atoms with van der Waals surface area (Å²) >= 11 is 1.50. The van der Waals surface area contributed by atoms with Gasteiger partial charge in [0.25, 0.3) is 11.8 Å². The minimum atomic E-state index is -0.806. The van der Waals surface area contributed by atoms with Gasteiger partial charge in [0.15, 0.2) is 6.10 Å². The lowest BCUT2D eigenvalue weighted by Crippen LogP contribution is -2.47. The van der Waals surface area contributed by atoms with Gasteiger partial charge in [0.2, 0.25) is 0 Å². The Morgan fingerprint density at radius 2 is 1.61 bits per heavy atom. The number of hydrogen-bond donors (Lipinski definition) is 2. The maximum absolute atomic E-state index is 12.3. The number of nitrogens with one attached hydrogen (secondary N) is 2. The van der Waals surface area contributed by atoms with E-state index in [2.05, 4.69) is 15.8 Å². The largest absolute Gasteiger partial charge is 0.494 e. The summed E-state index contributed by atoms with van der Waals surface area (Å²) in [4.78, 5) is 28.6. The molecule has 3 rings (SSSR count). The van der Waals surface area contributed by atoms with Gasteiger partial charge in [0, 0.05) is 10.9 Å². The quantitative estimate of drug-likeness (QED) is 0.494. The van der Waals surface area contributed by atoms with Gasteiger partial charge in [-0.2, -0.15) is 0 Å². The molecule has 2 aromatic carbocycles. The third-order valence-electron chi connectivity index (χ3n) is 4.10. The first-order chi connectivity index (χ1) is 15.0. The highest BCUT2D eigenvalue weighted by Gasteiger charge is 2.16. The van der Waals surface area contributed by atoms with E-state index < -0.39 is 17.9 Å². The highest BCUT2D eigenvalue weighted by molar-refractivity contribution is 7.07. The number of rotatable bonds is 9. The molecular formula is C22H23N3O5S. The van der Waals surface area contributed by atoms with Crippen molar-refractivity contribution in [2.24, 2.45) is 0 Å². The number of benzene rings is 2. The standard InChI is InChI=1S/C22H23N3O5S/c1-3-28-18-8-10-20(11-9-18)30-15(2)21(26)24-25-22(27)16-4-6-19(7-5-16)29-12-17-13-31-14-23-17/h4-11,13-15H,3,12H2,1-2H3,(H,24,26)(H,25,27). The number of hydrazine groups is 1. The maximum Gasteiger partial charge on any atom is 0.279 e. The van der Waals surface area contributed by atoms with Crippen LogP contribution in [0.1, 0.15) is 29.9 Å². The summed E-state index contributed by atoms with van der Waals surface area (Å²) in [6, 6.07) is 13.5. The van der Waals surface area contributed by atoms with E-state index in [1.165, 1.54) is 11.3 Å². The van der Waals surface area contributed by atoms with Crippen LogP contribution >= 0.6 is 11.3 Å². The Kier molecular flexibility index (Phi) is 7.83. The van der Waals surface area contributed by atoms with Crippen LogP contribution < -0.4 is 25.1 Å². The van der Waals surface area contributed by atoms with Crippen molar-refractivity contribution in [3.8, 4) is 17.2 Å². The summed E-state index contributed by atoms with van der Waals surface area (Å²) in [6.45, 7) is 4.42. The fraction of sp³-hybridized carbons (Fsp3) is 0.227. The Morgan fingerprint density at radius 1 is 0.968 bits per heavy atom. The maximum atomic E-state index is 12.3. The van der Waals surface area contributed by atoms with Gasteiger partial charge >= 0.3 is 0 Å². The molecule has 0 radical (unpaired) electrons. The first-order valence-electron chi connectivity index (χ1n) is 9.64. The zero-order chi connectivity index (χ0) is 22.1. The van der Waals surface area contributed by atoms with Crippen LogP contribution in [0.2, 0.25) is 0 Å². The van der Waals surface area contributed by atoms with E-state index in [1.807, 2.05) is 12.3 Å². The van der Waals surface area contributed by atoms with Crippen LogP contribution in [0.4, 0.5) is 0 Å². The van der Waals surface area contributed by atoms with Crippen molar-refractivity contribution in [1.82, 2.24) is 15.8 Å². The van der Waals surface area contributed by atoms with E-state index in [1.54, 1.807) is 61.0 Å². The Balaban J connectivity index is 1.43. The third kappa shape index (κ3) is 6.71. The molecule has 1 unspecified atom stereocenters. The van der Waals surface area contributed by atoms with Crippen LogP contribution in [-0.2, 0) is 11.4 Å². The van der Waals surface area contributed by atoms with E-state index >= 15 is 0 Å². The van der Waals surface area contributed by atoms with Crippen molar-refractivity contribution < 1.29 is 23.8 Å². The van der Waals surface area contributed by atoms with Gasteiger partial charge in [-0.1, -0.05) is 0 Å². The predicted octanol–water partition coefficient (Wildman–Crippen LogP) is 3.35. The van der Waals surface area contributed by atoms with Crippen molar-refractivity contribution in [2.75, 3.05) is 6.61 Å². The van der Waals surface area contributed by atoms with Crippen LogP contribution in [0, 0.1) is 0 Å². The fourth-order valence-electron chi connectivity index (χ4n) is 2.50. The first kappa shape index (κ1) is 22.1. The van der Waals surface area contributed by atoms with Crippen LogP contribution in [0.5, 0.6) is 17.2 Å². The second-order valence-corrected chi connectivity index (χ2v) is 7.12. The zero-order valence-electron chi connectivity index (χ0n) is 17.2. The monoisotopic (exact) mass is 441 g/mol. The van der Waals surface area contributed by atoms with Gasteiger partial charge < -0.3 is 14.2 Å². The molecule has 2 amide bonds. The number of amides is 2. The Hall–Kier alpha value is -3.59. The van der Waals surface area contributed by atoms with E-state index in [-0.39, 0.29) is 0 Å². The van der Waals surface area contributed by atoms with Crippen LogP contribution in [-0.4, -0.2) is 29.5 Å². The molecular weight excluding hydrogens is 418 g/mol. The van der Waals surface area contributed by atoms with Crippen molar-refractivity contribution >= 4 is 23.2 Å². The molecule has 1 atom stereocenters. The molecule has 31 heavy (non-hydrogen) atoms. The molecule has 0 spiro atoms. The van der Waals surface area contributed by atoms with Crippen molar-refractivity contribution in [1.29, 1.82) is 0 Å². The summed E-state index contributed by atoms with van der Waals surface area (Å²) in [7, 11) is 0. The summed E-state index contributed by atoms with van der Waals surface area (Å²) in [5, 5.41) is 1.91. The summed E-state index contributed by atoms with van der Waals surface area (Å²) in [6.07, 6.45) is -0.806. The number of aromatic nitrogens is 1. The highest BCUT2D eigenvalue weighted by Crippen LogP contribution is 2.18. The minimum absolute atomic E-state index is 0.358. The number of hydrogen-bond acceptors (Lipinski definition) is 7. The number of nitrogens with zero attached hydrogens (tertiary/aromatic N) is 1. The molecule has 0 aliphatic rings. The van der Waals surface area contributed by atoms with Gasteiger partial charge in [-0.15, -0.1) is 11.3 Å². The summed E-state index contributed by atoms with van der Waals surface area (Å²) in [5.41, 5.74) is 7.70. The molecule has 8 nitrogen and oxygen atoms in total. The van der Waals surface area contributed by atoms with E-state index in [9.17, 15) is 9.59 Å². The van der Waals surface area contributed by atoms with E-state index in [0.717, 1.165) is 11.4 Å². The normalized spacial score (nSPS) is 11.3. The van der Waals surface area contributed by atoms with E-state index in [4.69, 9.17) is 14.2 Å². The summed E-state index contributed by atoms with van der Waals surface area (Å²) < 4.78 is 16.6. The Bertz CT molecular complexity index is 975. The van der Waals surface area contributed by atoms with Crippen LogP contribution in [0.25, 0.3) is 0 Å². The summed E-state index contributed by atoms with van der Waals surface area (Å²) in [5.74, 6) is 0.925. The average molecular weight is 442 g/mol. The lowest BCUT2D eigenvalue weighted by atomic mass is 10.2. The Morgan fingerprint density at radius 3 is 2.26 bits per heavy atom. The lowest BCUT2D eigenvalue weighted by Gasteiger charge is -2.15. The number of carbonyl (C=O) groups is 2. The van der Waals surface area contributed by atoms with Gasteiger partial charge in [-0.25, -0.2) is 4.98 Å². The SMILES string of the molecule is CCOc1ccc(OC(C)C(=O)NNC(=O)c2ccc(OCc3cscn3)cc2)cc1. The van der Waals surface area contributed by atoms with Gasteiger partial charge in [-0.3, -0.25) is 20.4 Å². The molecule has 1 heterocycles. The van der Waals surface area contributed by atoms with Crippen molar-refractivity contribution in [3.05, 3.63) is 70.7 Å². The smallest absolute Gasteiger partial charge is 0.279 e. The molecule has 162 valence electrons. The van der Waals surface area contributed by atoms with Crippen molar-refractivity contribution in [2.45, 2.75) is 26.6 Å². The lowest BCUT2D eigenvalue weighted by molar-refractivity contribution is -0.128. The van der Waals surface area contributed by atoms with Crippen molar-refractivity contribution in [3.63, 3.8) is 0 Å². The number of carbonyl (C=O) groups excluding carboxylic acids is 2. The molecule has 3 aromatic rings. The number of ether oxygens (including phenoxy) is 3. The predicted molar refractivity (Wildman–Crippen MR) is 116 cm³/mol. The molecule has 0 saturated carbocycles.